The molecule has 0 saturated heterocycles. The largest absolute Gasteiger partial charge is 0.347 e. The van der Waals surface area contributed by atoms with Gasteiger partial charge in [0.1, 0.15) is 5.78 Å². The molecule has 6 nitrogen and oxygen atoms in total. The summed E-state index contributed by atoms with van der Waals surface area (Å²) in [4.78, 5) is 28.4. The van der Waals surface area contributed by atoms with Gasteiger partial charge in [-0.2, -0.15) is 0 Å². The number of nitrogens with one attached hydrogen (secondary N) is 2. The topological polar surface area (TPSA) is 98.7 Å². The molecule has 0 aliphatic carbocycles. The van der Waals surface area contributed by atoms with Crippen LogP contribution in [-0.4, -0.2) is 34.6 Å². The van der Waals surface area contributed by atoms with Gasteiger partial charge in [-0.25, -0.2) is 0 Å². The molecule has 78 valence electrons. The van der Waals surface area contributed by atoms with Crippen LogP contribution in [0.5, 0.6) is 0 Å². The highest BCUT2D eigenvalue weighted by Gasteiger charge is 2.26. The molecule has 0 heterocycles. The monoisotopic (exact) mass is 210 g/mol. The molecule has 2 atom stereocenters. The lowest BCUT2D eigenvalue weighted by Gasteiger charge is -2.17. The van der Waals surface area contributed by atoms with E-state index in [0.717, 1.165) is 0 Å². The van der Waals surface area contributed by atoms with E-state index in [9.17, 15) is 9.36 Å². The molecule has 1 unspecified atom stereocenters. The van der Waals surface area contributed by atoms with Gasteiger partial charge < -0.3 is 20.4 Å². The van der Waals surface area contributed by atoms with Crippen molar-refractivity contribution in [3.63, 3.8) is 0 Å². The van der Waals surface area contributed by atoms with Crippen molar-refractivity contribution in [2.24, 2.45) is 0 Å². The maximum atomic E-state index is 11.1. The van der Waals surface area contributed by atoms with E-state index >= 15 is 0 Å². The Morgan fingerprint density at radius 3 is 2.15 bits per heavy atom. The molecule has 0 rings (SSSR count). The predicted octanol–water partition coefficient (Wildman–Crippen LogP) is -0.766. The fraction of sp³-hybridized carbons (Fsp3) is 0.833. The van der Waals surface area contributed by atoms with E-state index in [2.05, 4.69) is 10.6 Å². The fourth-order valence-electron chi connectivity index (χ4n) is 0.546. The van der Waals surface area contributed by atoms with E-state index in [0.29, 0.717) is 0 Å². The first-order chi connectivity index (χ1) is 5.79. The van der Waals surface area contributed by atoms with Gasteiger partial charge in [0.25, 0.3) is 0 Å². The second-order valence-electron chi connectivity index (χ2n) is 2.78. The maximum absolute atomic E-state index is 11.1. The average Bonchev–Trinajstić information content (AvgIpc) is 2.01. The van der Waals surface area contributed by atoms with Gasteiger partial charge in [0.15, 0.2) is 0 Å². The first kappa shape index (κ1) is 12.6. The van der Waals surface area contributed by atoms with Gasteiger partial charge in [-0.3, -0.25) is 9.36 Å². The summed E-state index contributed by atoms with van der Waals surface area (Å²) in [5.41, 5.74) is 0. The summed E-state index contributed by atoms with van der Waals surface area (Å²) in [5.74, 6) is -1.57. The average molecular weight is 210 g/mol. The van der Waals surface area contributed by atoms with Crippen molar-refractivity contribution in [2.75, 3.05) is 7.05 Å². The lowest BCUT2D eigenvalue weighted by molar-refractivity contribution is -0.122. The van der Waals surface area contributed by atoms with Crippen molar-refractivity contribution < 1.29 is 19.1 Å². The molecule has 13 heavy (non-hydrogen) atoms. The first-order valence-electron chi connectivity index (χ1n) is 3.82. The van der Waals surface area contributed by atoms with Crippen LogP contribution < -0.4 is 10.6 Å². The third-order valence-electron chi connectivity index (χ3n) is 1.68. The van der Waals surface area contributed by atoms with E-state index in [1.165, 1.54) is 6.92 Å². The first-order valence-corrected chi connectivity index (χ1v) is 5.50. The Hall–Kier alpha value is -0.420. The maximum Gasteiger partial charge on any atom is 0.347 e. The zero-order valence-corrected chi connectivity index (χ0v) is 8.71. The Morgan fingerprint density at radius 2 is 1.85 bits per heavy atom. The summed E-state index contributed by atoms with van der Waals surface area (Å²) in [7, 11) is -2.63. The highest BCUT2D eigenvalue weighted by molar-refractivity contribution is 7.52. The Balaban J connectivity index is 4.15. The van der Waals surface area contributed by atoms with Crippen molar-refractivity contribution in [3.05, 3.63) is 0 Å². The lowest BCUT2D eigenvalue weighted by atomic mass is 10.3. The summed E-state index contributed by atoms with van der Waals surface area (Å²) in [5, 5.41) is 4.86. The van der Waals surface area contributed by atoms with Crippen molar-refractivity contribution in [3.8, 4) is 0 Å². The Bertz CT molecular complexity index is 227. The van der Waals surface area contributed by atoms with Crippen LogP contribution in [0.15, 0.2) is 0 Å². The number of likely N-dealkylation sites (N-methyl/N-ethyl adjacent to an activating group) is 1. The molecule has 0 radical (unpaired) electrons. The van der Waals surface area contributed by atoms with Crippen LogP contribution >= 0.6 is 7.60 Å². The number of carbonyl (C=O) groups is 1. The zero-order valence-electron chi connectivity index (χ0n) is 7.81. The normalized spacial score (nSPS) is 16.4. The summed E-state index contributed by atoms with van der Waals surface area (Å²) in [6.07, 6.45) is 0. The summed E-state index contributed by atoms with van der Waals surface area (Å²) in [6.45, 7) is 2.86. The van der Waals surface area contributed by atoms with Gasteiger partial charge >= 0.3 is 7.60 Å². The van der Waals surface area contributed by atoms with Gasteiger partial charge in [0.2, 0.25) is 5.91 Å². The van der Waals surface area contributed by atoms with E-state index < -0.39 is 25.3 Å². The van der Waals surface area contributed by atoms with Gasteiger partial charge in [-0.1, -0.05) is 0 Å². The standard InChI is InChI=1S/C6H15N2O4P/c1-4(7-3)6(9)8-5(2)13(10,11)12/h4-5,7H,1-3H3,(H,8,9)(H2,10,11,12)/t4-,5?/m0/s1. The highest BCUT2D eigenvalue weighted by Crippen LogP contribution is 2.38. The van der Waals surface area contributed by atoms with Crippen molar-refractivity contribution >= 4 is 13.5 Å². The Morgan fingerprint density at radius 1 is 1.38 bits per heavy atom. The van der Waals surface area contributed by atoms with Crippen LogP contribution in [0.25, 0.3) is 0 Å². The van der Waals surface area contributed by atoms with Gasteiger partial charge in [0, 0.05) is 0 Å². The van der Waals surface area contributed by atoms with E-state index in [1.807, 2.05) is 0 Å². The molecule has 0 aliphatic heterocycles. The zero-order chi connectivity index (χ0) is 10.6. The van der Waals surface area contributed by atoms with Crippen LogP contribution in [0.3, 0.4) is 0 Å². The van der Waals surface area contributed by atoms with Gasteiger partial charge in [-0.15, -0.1) is 0 Å². The number of amides is 1. The van der Waals surface area contributed by atoms with E-state index in [-0.39, 0.29) is 0 Å². The molecule has 7 heteroatoms. The molecule has 0 aromatic rings. The summed E-state index contributed by atoms with van der Waals surface area (Å²) < 4.78 is 10.6. The fourth-order valence-corrected chi connectivity index (χ4v) is 0.841. The quantitative estimate of drug-likeness (QED) is 0.457. The second-order valence-corrected chi connectivity index (χ2v) is 4.74. The molecule has 0 bridgehead atoms. The Labute approximate surface area is 76.9 Å². The molecule has 0 spiro atoms. The molecule has 1 amide bonds. The molecule has 4 N–H and O–H groups in total. The summed E-state index contributed by atoms with van der Waals surface area (Å²) >= 11 is 0. The molecule has 0 aliphatic rings. The minimum Gasteiger partial charge on any atom is -0.341 e. The van der Waals surface area contributed by atoms with E-state index in [4.69, 9.17) is 9.79 Å². The third kappa shape index (κ3) is 4.38. The number of hydrogen-bond donors (Lipinski definition) is 4. The van der Waals surface area contributed by atoms with Crippen molar-refractivity contribution in [1.29, 1.82) is 0 Å². The molecular weight excluding hydrogens is 195 g/mol. The van der Waals surface area contributed by atoms with Crippen LogP contribution in [0.4, 0.5) is 0 Å². The lowest BCUT2D eigenvalue weighted by Crippen LogP contribution is -2.44. The van der Waals surface area contributed by atoms with Crippen LogP contribution in [0.1, 0.15) is 13.8 Å². The van der Waals surface area contributed by atoms with Crippen LogP contribution in [-0.2, 0) is 9.36 Å². The Kier molecular flexibility index (Phi) is 4.56. The highest BCUT2D eigenvalue weighted by atomic mass is 31.2. The predicted molar refractivity (Wildman–Crippen MR) is 48.2 cm³/mol. The van der Waals surface area contributed by atoms with Crippen molar-refractivity contribution in [2.45, 2.75) is 25.7 Å². The smallest absolute Gasteiger partial charge is 0.341 e. The molecular formula is C6H15N2O4P. The number of rotatable bonds is 4. The van der Waals surface area contributed by atoms with E-state index in [1.54, 1.807) is 14.0 Å². The molecule has 0 fully saturated rings. The number of hydrogen-bond acceptors (Lipinski definition) is 3. The van der Waals surface area contributed by atoms with Crippen molar-refractivity contribution in [1.82, 2.24) is 10.6 Å². The minimum atomic E-state index is -4.22. The molecule has 0 aromatic carbocycles. The van der Waals surface area contributed by atoms with Crippen LogP contribution in [0.2, 0.25) is 0 Å². The SMILES string of the molecule is CN[C@@H](C)C(=O)NC(C)P(=O)(O)O. The van der Waals surface area contributed by atoms with Gasteiger partial charge in [-0.05, 0) is 20.9 Å². The summed E-state index contributed by atoms with van der Waals surface area (Å²) in [6, 6.07) is -0.464. The molecule has 0 aromatic heterocycles. The third-order valence-corrected chi connectivity index (χ3v) is 2.82. The van der Waals surface area contributed by atoms with Crippen LogP contribution in [0, 0.1) is 0 Å². The number of carbonyl (C=O) groups excluding carboxylic acids is 1. The second kappa shape index (κ2) is 4.72. The minimum absolute atomic E-state index is 0.432. The molecule has 0 saturated carbocycles. The van der Waals surface area contributed by atoms with Gasteiger partial charge in [0.05, 0.1) is 6.04 Å².